The summed E-state index contributed by atoms with van der Waals surface area (Å²) in [5.41, 5.74) is 1.02. The molecule has 0 aliphatic heterocycles. The standard InChI is InChI=1S/C17H14N4OS/c1-11-7-13-16(20-10-21-17(13)23-11)19-9-15-18-8-14(22-15)12-5-3-2-4-6-12/h2-8,10H,9H2,1H3,(H,19,20,21). The lowest BCUT2D eigenvalue weighted by atomic mass is 10.2. The average molecular weight is 322 g/mol. The van der Waals surface area contributed by atoms with Crippen LogP contribution in [-0.4, -0.2) is 15.0 Å². The molecule has 1 N–H and O–H groups in total. The minimum atomic E-state index is 0.480. The highest BCUT2D eigenvalue weighted by Gasteiger charge is 2.09. The molecule has 0 saturated heterocycles. The van der Waals surface area contributed by atoms with Gasteiger partial charge in [-0.05, 0) is 13.0 Å². The smallest absolute Gasteiger partial charge is 0.214 e. The minimum absolute atomic E-state index is 0.480. The molecule has 6 heteroatoms. The predicted octanol–water partition coefficient (Wildman–Crippen LogP) is 4.27. The van der Waals surface area contributed by atoms with Crippen LogP contribution >= 0.6 is 11.3 Å². The van der Waals surface area contributed by atoms with Crippen LogP contribution < -0.4 is 5.32 Å². The summed E-state index contributed by atoms with van der Waals surface area (Å²) in [5.74, 6) is 2.20. The Bertz CT molecular complexity index is 946. The van der Waals surface area contributed by atoms with Gasteiger partial charge in [-0.2, -0.15) is 0 Å². The van der Waals surface area contributed by atoms with Gasteiger partial charge in [0.15, 0.2) is 5.76 Å². The van der Waals surface area contributed by atoms with E-state index >= 15 is 0 Å². The molecular weight excluding hydrogens is 308 g/mol. The van der Waals surface area contributed by atoms with Crippen LogP contribution in [0.4, 0.5) is 5.82 Å². The molecule has 0 saturated carbocycles. The summed E-state index contributed by atoms with van der Waals surface area (Å²) in [6.07, 6.45) is 3.32. The molecule has 5 nitrogen and oxygen atoms in total. The fourth-order valence-electron chi connectivity index (χ4n) is 2.40. The summed E-state index contributed by atoms with van der Waals surface area (Å²) in [6, 6.07) is 12.0. The van der Waals surface area contributed by atoms with E-state index < -0.39 is 0 Å². The van der Waals surface area contributed by atoms with E-state index in [4.69, 9.17) is 4.42 Å². The number of hydrogen-bond donors (Lipinski definition) is 1. The van der Waals surface area contributed by atoms with E-state index in [1.807, 2.05) is 30.3 Å². The Morgan fingerprint density at radius 2 is 2.00 bits per heavy atom. The maximum atomic E-state index is 5.79. The van der Waals surface area contributed by atoms with Gasteiger partial charge in [0.25, 0.3) is 0 Å². The van der Waals surface area contributed by atoms with Crippen molar-refractivity contribution in [2.45, 2.75) is 13.5 Å². The van der Waals surface area contributed by atoms with Gasteiger partial charge in [-0.25, -0.2) is 15.0 Å². The molecule has 0 aliphatic carbocycles. The summed E-state index contributed by atoms with van der Waals surface area (Å²) in [5, 5.41) is 4.31. The predicted molar refractivity (Wildman–Crippen MR) is 91.4 cm³/mol. The van der Waals surface area contributed by atoms with Gasteiger partial charge in [0.2, 0.25) is 5.89 Å². The Morgan fingerprint density at radius 3 is 2.87 bits per heavy atom. The third-order valence-corrected chi connectivity index (χ3v) is 4.43. The van der Waals surface area contributed by atoms with Gasteiger partial charge in [0.05, 0.1) is 18.1 Å². The zero-order valence-corrected chi connectivity index (χ0v) is 13.3. The highest BCUT2D eigenvalue weighted by atomic mass is 32.1. The second-order valence-electron chi connectivity index (χ2n) is 5.14. The molecule has 0 atom stereocenters. The van der Waals surface area contributed by atoms with E-state index in [1.54, 1.807) is 23.9 Å². The number of nitrogens with one attached hydrogen (secondary N) is 1. The number of aryl methyl sites for hydroxylation is 1. The lowest BCUT2D eigenvalue weighted by Gasteiger charge is -2.03. The summed E-state index contributed by atoms with van der Waals surface area (Å²) in [4.78, 5) is 15.1. The highest BCUT2D eigenvalue weighted by molar-refractivity contribution is 7.18. The molecule has 114 valence electrons. The maximum Gasteiger partial charge on any atom is 0.214 e. The Balaban J connectivity index is 1.54. The maximum absolute atomic E-state index is 5.79. The van der Waals surface area contributed by atoms with Gasteiger partial charge in [0, 0.05) is 10.4 Å². The quantitative estimate of drug-likeness (QED) is 0.608. The van der Waals surface area contributed by atoms with Gasteiger partial charge in [-0.3, -0.25) is 0 Å². The van der Waals surface area contributed by atoms with E-state index in [0.717, 1.165) is 27.4 Å². The molecular formula is C17H14N4OS. The molecule has 0 amide bonds. The number of rotatable bonds is 4. The number of hydrogen-bond acceptors (Lipinski definition) is 6. The van der Waals surface area contributed by atoms with Crippen molar-refractivity contribution in [3.8, 4) is 11.3 Å². The van der Waals surface area contributed by atoms with Crippen molar-refractivity contribution in [2.75, 3.05) is 5.32 Å². The Kier molecular flexibility index (Phi) is 3.51. The molecule has 0 radical (unpaired) electrons. The van der Waals surface area contributed by atoms with E-state index in [1.165, 1.54) is 4.88 Å². The first-order valence-electron chi connectivity index (χ1n) is 7.25. The molecule has 4 rings (SSSR count). The molecule has 1 aromatic carbocycles. The third kappa shape index (κ3) is 2.80. The first kappa shape index (κ1) is 13.9. The fraction of sp³-hybridized carbons (Fsp3) is 0.118. The zero-order chi connectivity index (χ0) is 15.6. The van der Waals surface area contributed by atoms with Crippen molar-refractivity contribution in [1.29, 1.82) is 0 Å². The van der Waals surface area contributed by atoms with Crippen molar-refractivity contribution in [2.24, 2.45) is 0 Å². The van der Waals surface area contributed by atoms with Crippen LogP contribution in [0.15, 0.2) is 53.3 Å². The number of oxazole rings is 1. The molecule has 3 aromatic heterocycles. The molecule has 23 heavy (non-hydrogen) atoms. The van der Waals surface area contributed by atoms with Crippen LogP contribution in [0.5, 0.6) is 0 Å². The Morgan fingerprint density at radius 1 is 1.13 bits per heavy atom. The number of thiophene rings is 1. The largest absolute Gasteiger partial charge is 0.439 e. The van der Waals surface area contributed by atoms with Crippen LogP contribution in [0.1, 0.15) is 10.8 Å². The van der Waals surface area contributed by atoms with E-state index in [0.29, 0.717) is 12.4 Å². The number of fused-ring (bicyclic) bond motifs is 1. The van der Waals surface area contributed by atoms with Gasteiger partial charge < -0.3 is 9.73 Å². The van der Waals surface area contributed by atoms with Crippen LogP contribution in [0, 0.1) is 6.92 Å². The lowest BCUT2D eigenvalue weighted by molar-refractivity contribution is 0.516. The minimum Gasteiger partial charge on any atom is -0.439 e. The van der Waals surface area contributed by atoms with Crippen LogP contribution in [0.25, 0.3) is 21.5 Å². The normalized spacial score (nSPS) is 11.0. The average Bonchev–Trinajstić information content (AvgIpc) is 3.19. The summed E-state index contributed by atoms with van der Waals surface area (Å²) < 4.78 is 5.79. The summed E-state index contributed by atoms with van der Waals surface area (Å²) >= 11 is 1.66. The molecule has 0 fully saturated rings. The summed E-state index contributed by atoms with van der Waals surface area (Å²) in [7, 11) is 0. The Labute approximate surface area is 137 Å². The molecule has 0 spiro atoms. The van der Waals surface area contributed by atoms with Crippen molar-refractivity contribution in [1.82, 2.24) is 15.0 Å². The van der Waals surface area contributed by atoms with Crippen LogP contribution in [-0.2, 0) is 6.54 Å². The SMILES string of the molecule is Cc1cc2c(NCc3ncc(-c4ccccc4)o3)ncnc2s1. The van der Waals surface area contributed by atoms with Crippen molar-refractivity contribution in [3.63, 3.8) is 0 Å². The van der Waals surface area contributed by atoms with E-state index in [2.05, 4.69) is 33.3 Å². The van der Waals surface area contributed by atoms with Crippen molar-refractivity contribution >= 4 is 27.4 Å². The fourth-order valence-corrected chi connectivity index (χ4v) is 3.25. The van der Waals surface area contributed by atoms with Gasteiger partial charge in [-0.1, -0.05) is 30.3 Å². The second kappa shape index (κ2) is 5.81. The van der Waals surface area contributed by atoms with Crippen LogP contribution in [0.3, 0.4) is 0 Å². The Hall–Kier alpha value is -2.73. The first-order valence-corrected chi connectivity index (χ1v) is 8.06. The van der Waals surface area contributed by atoms with Crippen molar-refractivity contribution in [3.05, 3.63) is 59.7 Å². The summed E-state index contributed by atoms with van der Waals surface area (Å²) in [6.45, 7) is 2.55. The van der Waals surface area contributed by atoms with Crippen molar-refractivity contribution < 1.29 is 4.42 Å². The second-order valence-corrected chi connectivity index (χ2v) is 6.37. The first-order chi connectivity index (χ1) is 11.3. The number of anilines is 1. The van der Waals surface area contributed by atoms with Gasteiger partial charge in [0.1, 0.15) is 17.0 Å². The van der Waals surface area contributed by atoms with E-state index in [-0.39, 0.29) is 0 Å². The zero-order valence-electron chi connectivity index (χ0n) is 12.5. The molecule has 0 aliphatic rings. The monoisotopic (exact) mass is 322 g/mol. The lowest BCUT2D eigenvalue weighted by Crippen LogP contribution is -2.02. The molecule has 0 bridgehead atoms. The third-order valence-electron chi connectivity index (χ3n) is 3.47. The van der Waals surface area contributed by atoms with Gasteiger partial charge in [-0.15, -0.1) is 11.3 Å². The van der Waals surface area contributed by atoms with E-state index in [9.17, 15) is 0 Å². The van der Waals surface area contributed by atoms with Gasteiger partial charge >= 0.3 is 0 Å². The topological polar surface area (TPSA) is 63.8 Å². The number of nitrogens with zero attached hydrogens (tertiary/aromatic N) is 3. The highest BCUT2D eigenvalue weighted by Crippen LogP contribution is 2.28. The number of benzene rings is 1. The molecule has 4 aromatic rings. The molecule has 0 unspecified atom stereocenters. The number of aromatic nitrogens is 3. The van der Waals surface area contributed by atoms with Crippen LogP contribution in [0.2, 0.25) is 0 Å². The molecule has 3 heterocycles.